The van der Waals surface area contributed by atoms with Gasteiger partial charge in [0.15, 0.2) is 0 Å². The van der Waals surface area contributed by atoms with Gasteiger partial charge in [0.05, 0.1) is 42.4 Å². The van der Waals surface area contributed by atoms with E-state index in [2.05, 4.69) is 18.4 Å². The summed E-state index contributed by atoms with van der Waals surface area (Å²) >= 11 is 0. The van der Waals surface area contributed by atoms with Crippen molar-refractivity contribution in [2.45, 2.75) is 45.4 Å². The molecule has 0 unspecified atom stereocenters. The molecule has 1 aliphatic heterocycles. The number of para-hydroxylation sites is 1. The lowest BCUT2D eigenvalue weighted by molar-refractivity contribution is 0.00836. The maximum Gasteiger partial charge on any atom is 0.227 e. The number of rotatable bonds is 13. The number of hydrogen-bond donors (Lipinski definition) is 1. The fourth-order valence-electron chi connectivity index (χ4n) is 4.43. The standard InChI is InChI=1S/C29H37N3O4/c1-4-16-34-21-25(33)18-31(19-27-11-8-17-35-27)20-28-23(3)30-32(24-9-6-5-7-10-24)29(28)36-26-14-12-22(2)13-15-26/h4-7,9-10,12-15,25,27,33H,1,8,11,16-21H2,2-3H3/t25-,27+/m1/s1. The molecule has 3 aromatic rings. The number of aliphatic hydroxyl groups excluding tert-OH is 1. The van der Waals surface area contributed by atoms with Crippen LogP contribution in [0, 0.1) is 13.8 Å². The zero-order valence-electron chi connectivity index (χ0n) is 21.3. The molecule has 2 aromatic carbocycles. The highest BCUT2D eigenvalue weighted by atomic mass is 16.5. The number of nitrogens with zero attached hydrogens (tertiary/aromatic N) is 3. The van der Waals surface area contributed by atoms with Crippen LogP contribution in [0.1, 0.15) is 29.7 Å². The molecular formula is C29H37N3O4. The van der Waals surface area contributed by atoms with Gasteiger partial charge in [0, 0.05) is 26.2 Å². The first kappa shape index (κ1) is 26.1. The van der Waals surface area contributed by atoms with E-state index < -0.39 is 6.10 Å². The van der Waals surface area contributed by atoms with Gasteiger partial charge in [-0.05, 0) is 51.0 Å². The highest BCUT2D eigenvalue weighted by Gasteiger charge is 2.26. The van der Waals surface area contributed by atoms with E-state index in [9.17, 15) is 5.11 Å². The third-order valence-electron chi connectivity index (χ3n) is 6.26. The van der Waals surface area contributed by atoms with Crippen LogP contribution in [-0.4, -0.2) is 64.9 Å². The smallest absolute Gasteiger partial charge is 0.227 e. The molecule has 1 fully saturated rings. The Morgan fingerprint density at radius 1 is 1.19 bits per heavy atom. The van der Waals surface area contributed by atoms with Crippen LogP contribution < -0.4 is 4.74 Å². The Morgan fingerprint density at radius 3 is 2.67 bits per heavy atom. The topological polar surface area (TPSA) is 69.0 Å². The van der Waals surface area contributed by atoms with Crippen molar-refractivity contribution in [3.05, 3.63) is 84.1 Å². The summed E-state index contributed by atoms with van der Waals surface area (Å²) in [5.74, 6) is 1.43. The van der Waals surface area contributed by atoms with Crippen molar-refractivity contribution in [2.75, 3.05) is 32.9 Å². The number of ether oxygens (including phenoxy) is 3. The third-order valence-corrected chi connectivity index (χ3v) is 6.26. The van der Waals surface area contributed by atoms with Gasteiger partial charge in [-0.2, -0.15) is 5.10 Å². The van der Waals surface area contributed by atoms with E-state index >= 15 is 0 Å². The first-order valence-electron chi connectivity index (χ1n) is 12.6. The summed E-state index contributed by atoms with van der Waals surface area (Å²) < 4.78 is 19.7. The van der Waals surface area contributed by atoms with Crippen LogP contribution in [0.5, 0.6) is 11.6 Å². The Bertz CT molecular complexity index is 1090. The average Bonchev–Trinajstić information content (AvgIpc) is 3.49. The van der Waals surface area contributed by atoms with Crippen LogP contribution in [0.15, 0.2) is 67.3 Å². The molecule has 0 bridgehead atoms. The Morgan fingerprint density at radius 2 is 1.97 bits per heavy atom. The Balaban J connectivity index is 1.63. The van der Waals surface area contributed by atoms with Crippen LogP contribution in [0.3, 0.4) is 0 Å². The van der Waals surface area contributed by atoms with Crippen LogP contribution in [0.4, 0.5) is 0 Å². The van der Waals surface area contributed by atoms with Gasteiger partial charge < -0.3 is 19.3 Å². The normalized spacial score (nSPS) is 16.4. The van der Waals surface area contributed by atoms with Crippen molar-refractivity contribution < 1.29 is 19.3 Å². The molecule has 0 radical (unpaired) electrons. The molecule has 192 valence electrons. The molecule has 7 nitrogen and oxygen atoms in total. The van der Waals surface area contributed by atoms with E-state index in [1.807, 2.05) is 66.2 Å². The van der Waals surface area contributed by atoms with Gasteiger partial charge in [-0.15, -0.1) is 6.58 Å². The number of hydrogen-bond acceptors (Lipinski definition) is 6. The van der Waals surface area contributed by atoms with E-state index in [-0.39, 0.29) is 12.7 Å². The molecule has 4 rings (SSSR count). The molecular weight excluding hydrogens is 454 g/mol. The van der Waals surface area contributed by atoms with Gasteiger partial charge in [-0.3, -0.25) is 4.90 Å². The molecule has 0 amide bonds. The molecule has 2 heterocycles. The summed E-state index contributed by atoms with van der Waals surface area (Å²) in [5, 5.41) is 15.5. The minimum absolute atomic E-state index is 0.150. The fraction of sp³-hybridized carbons (Fsp3) is 0.414. The molecule has 0 spiro atoms. The summed E-state index contributed by atoms with van der Waals surface area (Å²) in [6, 6.07) is 18.0. The number of aromatic nitrogens is 2. The van der Waals surface area contributed by atoms with E-state index in [0.717, 1.165) is 48.7 Å². The lowest BCUT2D eigenvalue weighted by Gasteiger charge is -2.27. The van der Waals surface area contributed by atoms with Crippen molar-refractivity contribution >= 4 is 0 Å². The van der Waals surface area contributed by atoms with Crippen LogP contribution in [-0.2, 0) is 16.0 Å². The highest BCUT2D eigenvalue weighted by Crippen LogP contribution is 2.32. The maximum absolute atomic E-state index is 10.7. The molecule has 36 heavy (non-hydrogen) atoms. The SMILES string of the molecule is C=CCOC[C@H](O)CN(Cc1c(C)nn(-c2ccccc2)c1Oc1ccc(C)cc1)C[C@@H]1CCCO1. The molecule has 7 heteroatoms. The van der Waals surface area contributed by atoms with Crippen molar-refractivity contribution in [3.8, 4) is 17.3 Å². The lowest BCUT2D eigenvalue weighted by atomic mass is 10.1. The highest BCUT2D eigenvalue weighted by molar-refractivity contribution is 5.43. The lowest BCUT2D eigenvalue weighted by Crippen LogP contribution is -2.39. The summed E-state index contributed by atoms with van der Waals surface area (Å²) in [4.78, 5) is 2.22. The first-order chi connectivity index (χ1) is 17.5. The zero-order valence-corrected chi connectivity index (χ0v) is 21.3. The van der Waals surface area contributed by atoms with E-state index in [1.165, 1.54) is 5.56 Å². The molecule has 1 saturated heterocycles. The minimum Gasteiger partial charge on any atom is -0.439 e. The van der Waals surface area contributed by atoms with Crippen molar-refractivity contribution in [3.63, 3.8) is 0 Å². The zero-order chi connectivity index (χ0) is 25.3. The number of aliphatic hydroxyl groups is 1. The molecule has 2 atom stereocenters. The van der Waals surface area contributed by atoms with Crippen molar-refractivity contribution in [1.29, 1.82) is 0 Å². The van der Waals surface area contributed by atoms with Gasteiger partial charge in [0.2, 0.25) is 5.88 Å². The quantitative estimate of drug-likeness (QED) is 0.273. The van der Waals surface area contributed by atoms with Gasteiger partial charge in [-0.25, -0.2) is 4.68 Å². The maximum atomic E-state index is 10.7. The molecule has 0 aliphatic carbocycles. The summed E-state index contributed by atoms with van der Waals surface area (Å²) in [5.41, 5.74) is 3.97. The average molecular weight is 492 g/mol. The predicted octanol–water partition coefficient (Wildman–Crippen LogP) is 4.83. The second-order valence-electron chi connectivity index (χ2n) is 9.34. The van der Waals surface area contributed by atoms with Gasteiger partial charge >= 0.3 is 0 Å². The van der Waals surface area contributed by atoms with Crippen LogP contribution in [0.25, 0.3) is 5.69 Å². The minimum atomic E-state index is -0.628. The predicted molar refractivity (Wildman–Crippen MR) is 141 cm³/mol. The number of benzene rings is 2. The second-order valence-corrected chi connectivity index (χ2v) is 9.34. The molecule has 1 aliphatic rings. The monoisotopic (exact) mass is 491 g/mol. The van der Waals surface area contributed by atoms with Gasteiger partial charge in [0.25, 0.3) is 0 Å². The van der Waals surface area contributed by atoms with Crippen LogP contribution >= 0.6 is 0 Å². The summed E-state index contributed by atoms with van der Waals surface area (Å²) in [7, 11) is 0. The van der Waals surface area contributed by atoms with Gasteiger partial charge in [-0.1, -0.05) is 42.0 Å². The summed E-state index contributed by atoms with van der Waals surface area (Å²) in [6.07, 6.45) is 3.30. The molecule has 1 aromatic heterocycles. The Kier molecular flexibility index (Phi) is 9.30. The fourth-order valence-corrected chi connectivity index (χ4v) is 4.43. The van der Waals surface area contributed by atoms with E-state index in [1.54, 1.807) is 6.08 Å². The molecule has 1 N–H and O–H groups in total. The molecule has 0 saturated carbocycles. The summed E-state index contributed by atoms with van der Waals surface area (Å²) in [6.45, 7) is 10.9. The Hall–Kier alpha value is -2.97. The first-order valence-corrected chi connectivity index (χ1v) is 12.6. The largest absolute Gasteiger partial charge is 0.439 e. The number of aryl methyl sites for hydroxylation is 2. The second kappa shape index (κ2) is 12.8. The van der Waals surface area contributed by atoms with E-state index in [4.69, 9.17) is 19.3 Å². The van der Waals surface area contributed by atoms with Crippen molar-refractivity contribution in [1.82, 2.24) is 14.7 Å². The van der Waals surface area contributed by atoms with Gasteiger partial charge in [0.1, 0.15) is 5.75 Å². The third kappa shape index (κ3) is 7.04. The Labute approximate surface area is 213 Å². The van der Waals surface area contributed by atoms with Crippen molar-refractivity contribution in [2.24, 2.45) is 0 Å². The van der Waals surface area contributed by atoms with E-state index in [0.29, 0.717) is 25.6 Å². The van der Waals surface area contributed by atoms with Crippen LogP contribution in [0.2, 0.25) is 0 Å².